The van der Waals surface area contributed by atoms with Crippen LogP contribution in [0.5, 0.6) is 5.75 Å². The molecule has 0 spiro atoms. The summed E-state index contributed by atoms with van der Waals surface area (Å²) in [6.07, 6.45) is 3.06. The van der Waals surface area contributed by atoms with Crippen molar-refractivity contribution in [1.82, 2.24) is 0 Å². The van der Waals surface area contributed by atoms with Gasteiger partial charge < -0.3 is 5.11 Å². The van der Waals surface area contributed by atoms with E-state index in [1.54, 1.807) is 48.7 Å². The van der Waals surface area contributed by atoms with Crippen molar-refractivity contribution in [3.8, 4) is 11.8 Å². The maximum atomic E-state index is 9.51. The van der Waals surface area contributed by atoms with Crippen LogP contribution in [0.15, 0.2) is 58.7 Å². The Morgan fingerprint density at radius 3 is 2.32 bits per heavy atom. The monoisotopic (exact) mass is 249 g/mol. The van der Waals surface area contributed by atoms with E-state index in [2.05, 4.69) is 10.2 Å². The number of benzene rings is 2. The molecule has 4 nitrogen and oxygen atoms in total. The number of rotatable bonds is 3. The van der Waals surface area contributed by atoms with Gasteiger partial charge in [-0.05, 0) is 29.8 Å². The van der Waals surface area contributed by atoms with Crippen molar-refractivity contribution in [2.75, 3.05) is 0 Å². The Morgan fingerprint density at radius 2 is 1.63 bits per heavy atom. The summed E-state index contributed by atoms with van der Waals surface area (Å²) in [4.78, 5) is 0. The Balaban J connectivity index is 2.04. The highest BCUT2D eigenvalue weighted by Gasteiger charge is 1.93. The number of hydrogen-bond donors (Lipinski definition) is 1. The average Bonchev–Trinajstić information content (AvgIpc) is 2.46. The lowest BCUT2D eigenvalue weighted by Crippen LogP contribution is -1.82. The Morgan fingerprint density at radius 1 is 0.947 bits per heavy atom. The zero-order chi connectivity index (χ0) is 13.5. The van der Waals surface area contributed by atoms with Crippen LogP contribution in [0.4, 0.5) is 0 Å². The lowest BCUT2D eigenvalue weighted by atomic mass is 10.2. The van der Waals surface area contributed by atoms with E-state index in [1.807, 2.05) is 12.1 Å². The highest BCUT2D eigenvalue weighted by atomic mass is 16.3. The van der Waals surface area contributed by atoms with Gasteiger partial charge >= 0.3 is 0 Å². The van der Waals surface area contributed by atoms with Crippen molar-refractivity contribution in [3.05, 3.63) is 65.2 Å². The van der Waals surface area contributed by atoms with Gasteiger partial charge in [-0.15, -0.1) is 0 Å². The van der Waals surface area contributed by atoms with Crippen LogP contribution in [-0.4, -0.2) is 17.5 Å². The molecule has 1 N–H and O–H groups in total. The van der Waals surface area contributed by atoms with Crippen LogP contribution < -0.4 is 0 Å². The number of nitriles is 1. The Labute approximate surface area is 111 Å². The lowest BCUT2D eigenvalue weighted by molar-refractivity contribution is 0.474. The van der Waals surface area contributed by atoms with Gasteiger partial charge in [-0.25, -0.2) is 0 Å². The predicted octanol–water partition coefficient (Wildman–Crippen LogP) is 2.72. The van der Waals surface area contributed by atoms with E-state index in [0.717, 1.165) is 5.56 Å². The lowest BCUT2D eigenvalue weighted by Gasteiger charge is -1.94. The maximum Gasteiger partial charge on any atom is 0.124 e. The first-order valence-corrected chi connectivity index (χ1v) is 5.64. The van der Waals surface area contributed by atoms with Crippen molar-refractivity contribution >= 4 is 12.4 Å². The number of phenolic OH excluding ortho intramolecular Hbond substituents is 1. The van der Waals surface area contributed by atoms with Gasteiger partial charge in [-0.1, -0.05) is 24.3 Å². The first kappa shape index (κ1) is 12.5. The smallest absolute Gasteiger partial charge is 0.124 e. The van der Waals surface area contributed by atoms with Crippen LogP contribution in [0.2, 0.25) is 0 Å². The van der Waals surface area contributed by atoms with Gasteiger partial charge in [0.05, 0.1) is 24.1 Å². The molecule has 0 amide bonds. The molecule has 0 aliphatic carbocycles. The van der Waals surface area contributed by atoms with E-state index in [1.165, 1.54) is 6.21 Å². The van der Waals surface area contributed by atoms with Gasteiger partial charge in [0.25, 0.3) is 0 Å². The van der Waals surface area contributed by atoms with E-state index in [4.69, 9.17) is 5.26 Å². The van der Waals surface area contributed by atoms with Crippen molar-refractivity contribution in [1.29, 1.82) is 5.26 Å². The summed E-state index contributed by atoms with van der Waals surface area (Å²) in [7, 11) is 0. The van der Waals surface area contributed by atoms with Gasteiger partial charge in [-0.3, -0.25) is 0 Å². The van der Waals surface area contributed by atoms with E-state index in [9.17, 15) is 5.11 Å². The normalized spacial score (nSPS) is 10.9. The van der Waals surface area contributed by atoms with Crippen LogP contribution in [0.1, 0.15) is 16.7 Å². The molecule has 2 aromatic carbocycles. The van der Waals surface area contributed by atoms with Gasteiger partial charge in [0.1, 0.15) is 5.75 Å². The van der Waals surface area contributed by atoms with Crippen LogP contribution >= 0.6 is 0 Å². The maximum absolute atomic E-state index is 9.51. The molecule has 4 heteroatoms. The molecule has 2 rings (SSSR count). The first-order chi connectivity index (χ1) is 9.29. The molecule has 0 aliphatic rings. The third-order valence-corrected chi connectivity index (χ3v) is 2.45. The molecule has 0 radical (unpaired) electrons. The molecule has 0 heterocycles. The largest absolute Gasteiger partial charge is 0.507 e. The summed E-state index contributed by atoms with van der Waals surface area (Å²) in [5, 5.41) is 25.9. The summed E-state index contributed by atoms with van der Waals surface area (Å²) in [5.74, 6) is 0.167. The summed E-state index contributed by atoms with van der Waals surface area (Å²) >= 11 is 0. The molecule has 19 heavy (non-hydrogen) atoms. The molecule has 0 aromatic heterocycles. The molecule has 92 valence electrons. The second kappa shape index (κ2) is 6.12. The van der Waals surface area contributed by atoms with Crippen LogP contribution in [-0.2, 0) is 0 Å². The highest BCUT2D eigenvalue weighted by molar-refractivity contribution is 5.84. The fourth-order valence-electron chi connectivity index (χ4n) is 1.44. The standard InChI is InChI=1S/C15H11N3O/c16-9-12-5-7-13(8-6-12)10-17-18-11-14-3-1-2-4-15(14)19/h1-8,10-11,19H. The summed E-state index contributed by atoms with van der Waals surface area (Å²) < 4.78 is 0. The zero-order valence-corrected chi connectivity index (χ0v) is 10.1. The SMILES string of the molecule is N#Cc1ccc(C=NN=Cc2ccccc2O)cc1. The number of nitrogens with zero attached hydrogens (tertiary/aromatic N) is 3. The Hall–Kier alpha value is -2.93. The minimum Gasteiger partial charge on any atom is -0.507 e. The molecule has 0 bridgehead atoms. The minimum absolute atomic E-state index is 0.167. The Kier molecular flexibility index (Phi) is 4.04. The second-order valence-corrected chi connectivity index (χ2v) is 3.78. The van der Waals surface area contributed by atoms with Crippen LogP contribution in [0.3, 0.4) is 0 Å². The molecule has 0 unspecified atom stereocenters. The van der Waals surface area contributed by atoms with Crippen LogP contribution in [0, 0.1) is 11.3 Å². The summed E-state index contributed by atoms with van der Waals surface area (Å²) in [5.41, 5.74) is 2.07. The highest BCUT2D eigenvalue weighted by Crippen LogP contribution is 2.12. The van der Waals surface area contributed by atoms with Crippen molar-refractivity contribution < 1.29 is 5.11 Å². The molecule has 0 saturated carbocycles. The molecular formula is C15H11N3O. The van der Waals surface area contributed by atoms with Gasteiger partial charge in [0.2, 0.25) is 0 Å². The summed E-state index contributed by atoms with van der Waals surface area (Å²) in [6.45, 7) is 0. The average molecular weight is 249 g/mol. The van der Waals surface area contributed by atoms with E-state index < -0.39 is 0 Å². The topological polar surface area (TPSA) is 68.7 Å². The van der Waals surface area contributed by atoms with E-state index >= 15 is 0 Å². The fourth-order valence-corrected chi connectivity index (χ4v) is 1.44. The molecule has 0 fully saturated rings. The van der Waals surface area contributed by atoms with Gasteiger partial charge in [-0.2, -0.15) is 15.5 Å². The van der Waals surface area contributed by atoms with Crippen molar-refractivity contribution in [2.45, 2.75) is 0 Å². The molecule has 2 aromatic rings. The zero-order valence-electron chi connectivity index (χ0n) is 10.1. The van der Waals surface area contributed by atoms with E-state index in [0.29, 0.717) is 11.1 Å². The van der Waals surface area contributed by atoms with Crippen LogP contribution in [0.25, 0.3) is 0 Å². The third kappa shape index (κ3) is 3.51. The number of hydrogen-bond acceptors (Lipinski definition) is 4. The molecule has 0 atom stereocenters. The van der Waals surface area contributed by atoms with Gasteiger partial charge in [0, 0.05) is 5.56 Å². The number of phenols is 1. The van der Waals surface area contributed by atoms with Crippen molar-refractivity contribution in [3.63, 3.8) is 0 Å². The predicted molar refractivity (Wildman–Crippen MR) is 74.5 cm³/mol. The molecule has 0 saturated heterocycles. The number of para-hydroxylation sites is 1. The third-order valence-electron chi connectivity index (χ3n) is 2.45. The van der Waals surface area contributed by atoms with Crippen molar-refractivity contribution in [2.24, 2.45) is 10.2 Å². The van der Waals surface area contributed by atoms with E-state index in [-0.39, 0.29) is 5.75 Å². The number of aromatic hydroxyl groups is 1. The second-order valence-electron chi connectivity index (χ2n) is 3.78. The molecular weight excluding hydrogens is 238 g/mol. The summed E-state index contributed by atoms with van der Waals surface area (Å²) in [6, 6.07) is 15.9. The quantitative estimate of drug-likeness (QED) is 0.671. The Bertz CT molecular complexity index is 652. The van der Waals surface area contributed by atoms with Gasteiger partial charge in [0.15, 0.2) is 0 Å². The minimum atomic E-state index is 0.167. The first-order valence-electron chi connectivity index (χ1n) is 5.64. The fraction of sp³-hybridized carbons (Fsp3) is 0. The molecule has 0 aliphatic heterocycles.